The van der Waals surface area contributed by atoms with E-state index >= 15 is 0 Å². The predicted molar refractivity (Wildman–Crippen MR) is 140 cm³/mol. The van der Waals surface area contributed by atoms with Gasteiger partial charge in [0.05, 0.1) is 0 Å². The number of anilines is 1. The molecule has 3 N–H and O–H groups in total. The van der Waals surface area contributed by atoms with E-state index in [1.54, 1.807) is 0 Å². The Morgan fingerprint density at radius 3 is 2.35 bits per heavy atom. The molecule has 0 aliphatic carbocycles. The van der Waals surface area contributed by atoms with Crippen LogP contribution >= 0.6 is 12.2 Å². The minimum Gasteiger partial charge on any atom is -0.480 e. The summed E-state index contributed by atoms with van der Waals surface area (Å²) in [5, 5.41) is 15.5. The summed E-state index contributed by atoms with van der Waals surface area (Å²) >= 11 is 5.61. The number of nitrogens with zero attached hydrogens (tertiary/aromatic N) is 2. The first-order valence-electron chi connectivity index (χ1n) is 12.2. The van der Waals surface area contributed by atoms with Gasteiger partial charge < -0.3 is 20.3 Å². The lowest BCUT2D eigenvalue weighted by molar-refractivity contribution is -0.146. The minimum absolute atomic E-state index is 0.151. The van der Waals surface area contributed by atoms with Crippen LogP contribution in [0.4, 0.5) is 5.69 Å². The normalized spacial score (nSPS) is 19.2. The molecule has 2 saturated heterocycles. The number of likely N-dealkylation sites (tertiary alicyclic amines) is 2. The van der Waals surface area contributed by atoms with E-state index < -0.39 is 12.0 Å². The quantitative estimate of drug-likeness (QED) is 0.455. The van der Waals surface area contributed by atoms with Crippen molar-refractivity contribution in [2.75, 3.05) is 31.5 Å². The second-order valence-electron chi connectivity index (χ2n) is 9.50. The van der Waals surface area contributed by atoms with Gasteiger partial charge in [0.15, 0.2) is 5.11 Å². The molecule has 1 unspecified atom stereocenters. The Kier molecular flexibility index (Phi) is 6.83. The Labute approximate surface area is 205 Å². The number of carbonyl (C=O) groups is 1. The fraction of sp³-hybridized carbons (Fsp3) is 0.407. The molecule has 1 atom stereocenters. The number of hydrogen-bond donors (Lipinski definition) is 3. The summed E-state index contributed by atoms with van der Waals surface area (Å²) in [4.78, 5) is 20.1. The lowest BCUT2D eigenvalue weighted by atomic mass is 9.84. The molecule has 7 heteroatoms. The Hall–Kier alpha value is -2.90. The second-order valence-corrected chi connectivity index (χ2v) is 9.89. The number of piperidine rings is 2. The maximum absolute atomic E-state index is 12.3. The number of rotatable bonds is 5. The van der Waals surface area contributed by atoms with Gasteiger partial charge in [-0.3, -0.25) is 9.69 Å². The Balaban J connectivity index is 1.17. The molecule has 0 amide bonds. The van der Waals surface area contributed by atoms with Crippen LogP contribution in [0.25, 0.3) is 10.9 Å². The van der Waals surface area contributed by atoms with E-state index in [-0.39, 0.29) is 5.92 Å². The molecule has 6 nitrogen and oxygen atoms in total. The number of para-hydroxylation sites is 2. The lowest BCUT2D eigenvalue weighted by Gasteiger charge is -2.42. The zero-order valence-electron chi connectivity index (χ0n) is 19.3. The van der Waals surface area contributed by atoms with Crippen LogP contribution in [0.1, 0.15) is 37.2 Å². The van der Waals surface area contributed by atoms with Crippen molar-refractivity contribution in [2.24, 2.45) is 5.92 Å². The predicted octanol–water partition coefficient (Wildman–Crippen LogP) is 4.91. The van der Waals surface area contributed by atoms with Gasteiger partial charge in [-0.1, -0.05) is 36.4 Å². The van der Waals surface area contributed by atoms with E-state index in [1.807, 2.05) is 30.3 Å². The maximum Gasteiger partial charge on any atom is 0.321 e. The SMILES string of the molecule is O=C(O)C(C1CCN(C(=S)Nc2ccccc2)CC1)N1CCC(c2c[nH]c3ccccc23)CC1. The molecule has 3 heterocycles. The molecular weight excluding hydrogens is 444 g/mol. The third-order valence-corrected chi connectivity index (χ3v) is 7.90. The molecule has 2 aliphatic heterocycles. The number of carboxylic acids is 1. The summed E-state index contributed by atoms with van der Waals surface area (Å²) in [5.41, 5.74) is 3.53. The summed E-state index contributed by atoms with van der Waals surface area (Å²) in [5.74, 6) is -0.0583. The number of aliphatic carboxylic acids is 1. The standard InChI is InChI=1S/C27H32N4O2S/c32-26(33)25(20-12-16-31(17-13-20)27(34)29-21-6-2-1-3-7-21)30-14-10-19(11-15-30)23-18-28-24-9-5-4-8-22(23)24/h1-9,18-20,25,28H,10-17H2,(H,29,34)(H,32,33). The van der Waals surface area contributed by atoms with Gasteiger partial charge in [-0.05, 0) is 86.6 Å². The van der Waals surface area contributed by atoms with Gasteiger partial charge in [0.2, 0.25) is 0 Å². The van der Waals surface area contributed by atoms with E-state index in [0.717, 1.165) is 62.7 Å². The number of hydrogen-bond acceptors (Lipinski definition) is 3. The van der Waals surface area contributed by atoms with Crippen LogP contribution in [0.2, 0.25) is 0 Å². The highest BCUT2D eigenvalue weighted by Crippen LogP contribution is 2.35. The fourth-order valence-corrected chi connectivity index (χ4v) is 6.02. The first kappa shape index (κ1) is 22.9. The van der Waals surface area contributed by atoms with E-state index in [9.17, 15) is 9.90 Å². The largest absolute Gasteiger partial charge is 0.480 e. The van der Waals surface area contributed by atoms with Crippen LogP contribution in [-0.4, -0.2) is 63.2 Å². The van der Waals surface area contributed by atoms with Crippen molar-refractivity contribution in [1.82, 2.24) is 14.8 Å². The van der Waals surface area contributed by atoms with E-state index in [1.165, 1.54) is 16.5 Å². The highest BCUT2D eigenvalue weighted by molar-refractivity contribution is 7.80. The summed E-state index contributed by atoms with van der Waals surface area (Å²) in [6.07, 6.45) is 5.82. The highest BCUT2D eigenvalue weighted by Gasteiger charge is 2.38. The molecule has 0 saturated carbocycles. The van der Waals surface area contributed by atoms with Crippen molar-refractivity contribution in [3.05, 3.63) is 66.4 Å². The number of H-pyrrole nitrogens is 1. The number of aromatic amines is 1. The van der Waals surface area contributed by atoms with Gasteiger partial charge in [0, 0.05) is 35.9 Å². The average Bonchev–Trinajstić information content (AvgIpc) is 3.30. The van der Waals surface area contributed by atoms with Crippen molar-refractivity contribution < 1.29 is 9.90 Å². The van der Waals surface area contributed by atoms with Crippen molar-refractivity contribution in [1.29, 1.82) is 0 Å². The molecule has 34 heavy (non-hydrogen) atoms. The third kappa shape index (κ3) is 4.81. The maximum atomic E-state index is 12.3. The Morgan fingerprint density at radius 1 is 0.971 bits per heavy atom. The number of fused-ring (bicyclic) bond motifs is 1. The van der Waals surface area contributed by atoms with Crippen molar-refractivity contribution in [2.45, 2.75) is 37.6 Å². The van der Waals surface area contributed by atoms with Gasteiger partial charge in [0.1, 0.15) is 6.04 Å². The van der Waals surface area contributed by atoms with Crippen molar-refractivity contribution in [3.8, 4) is 0 Å². The van der Waals surface area contributed by atoms with Crippen LogP contribution in [0.15, 0.2) is 60.8 Å². The number of benzene rings is 2. The monoisotopic (exact) mass is 476 g/mol. The van der Waals surface area contributed by atoms with Crippen LogP contribution in [0.3, 0.4) is 0 Å². The zero-order valence-corrected chi connectivity index (χ0v) is 20.1. The molecule has 1 aromatic heterocycles. The third-order valence-electron chi connectivity index (χ3n) is 7.54. The van der Waals surface area contributed by atoms with Crippen LogP contribution < -0.4 is 5.32 Å². The van der Waals surface area contributed by atoms with Gasteiger partial charge in [-0.25, -0.2) is 0 Å². The molecule has 0 bridgehead atoms. The number of aromatic nitrogens is 1. The fourth-order valence-electron chi connectivity index (χ4n) is 5.72. The second kappa shape index (κ2) is 10.2. The Morgan fingerprint density at radius 2 is 1.65 bits per heavy atom. The summed E-state index contributed by atoms with van der Waals surface area (Å²) in [7, 11) is 0. The van der Waals surface area contributed by atoms with Crippen LogP contribution in [-0.2, 0) is 4.79 Å². The van der Waals surface area contributed by atoms with Gasteiger partial charge in [0.25, 0.3) is 0 Å². The molecule has 0 spiro atoms. The topological polar surface area (TPSA) is 71.6 Å². The molecule has 178 valence electrons. The first-order valence-corrected chi connectivity index (χ1v) is 12.6. The minimum atomic E-state index is -0.686. The van der Waals surface area contributed by atoms with Crippen molar-refractivity contribution in [3.63, 3.8) is 0 Å². The zero-order chi connectivity index (χ0) is 23.5. The van der Waals surface area contributed by atoms with Gasteiger partial charge in [-0.15, -0.1) is 0 Å². The smallest absolute Gasteiger partial charge is 0.321 e. The van der Waals surface area contributed by atoms with E-state index in [0.29, 0.717) is 5.92 Å². The molecule has 2 fully saturated rings. The van der Waals surface area contributed by atoms with Crippen molar-refractivity contribution >= 4 is 39.9 Å². The van der Waals surface area contributed by atoms with Gasteiger partial charge in [-0.2, -0.15) is 0 Å². The number of carboxylic acid groups (broad SMARTS) is 1. The van der Waals surface area contributed by atoms with Crippen LogP contribution in [0, 0.1) is 5.92 Å². The summed E-state index contributed by atoms with van der Waals surface area (Å²) in [6, 6.07) is 18.0. The number of thiocarbonyl (C=S) groups is 1. The molecule has 2 aliphatic rings. The molecule has 3 aromatic rings. The molecule has 2 aromatic carbocycles. The van der Waals surface area contributed by atoms with Gasteiger partial charge >= 0.3 is 5.97 Å². The van der Waals surface area contributed by atoms with Crippen LogP contribution in [0.5, 0.6) is 0 Å². The van der Waals surface area contributed by atoms with E-state index in [4.69, 9.17) is 12.2 Å². The molecular formula is C27H32N4O2S. The summed E-state index contributed by atoms with van der Waals surface area (Å²) in [6.45, 7) is 3.24. The van der Waals surface area contributed by atoms with E-state index in [2.05, 4.69) is 50.6 Å². The first-order chi connectivity index (χ1) is 16.6. The average molecular weight is 477 g/mol. The Bertz CT molecular complexity index is 1130. The summed E-state index contributed by atoms with van der Waals surface area (Å²) < 4.78 is 0. The molecule has 5 rings (SSSR count). The molecule has 0 radical (unpaired) electrons. The highest BCUT2D eigenvalue weighted by atomic mass is 32.1. The number of nitrogens with one attached hydrogen (secondary N) is 2. The lowest BCUT2D eigenvalue weighted by Crippen LogP contribution is -2.52.